The van der Waals surface area contributed by atoms with Crippen LogP contribution in [-0.4, -0.2) is 18.6 Å². The lowest BCUT2D eigenvalue weighted by molar-refractivity contribution is 0.403. The summed E-state index contributed by atoms with van der Waals surface area (Å²) in [5.41, 5.74) is 1.10. The van der Waals surface area contributed by atoms with Crippen molar-refractivity contribution in [2.75, 3.05) is 13.7 Å². The van der Waals surface area contributed by atoms with Gasteiger partial charge in [0.2, 0.25) is 0 Å². The number of hydrogen-bond acceptors (Lipinski definition) is 4. The first-order chi connectivity index (χ1) is 9.26. The van der Waals surface area contributed by atoms with Crippen molar-refractivity contribution < 1.29 is 4.74 Å². The van der Waals surface area contributed by atoms with Crippen LogP contribution in [0, 0.1) is 0 Å². The summed E-state index contributed by atoms with van der Waals surface area (Å²) >= 11 is 7.89. The zero-order chi connectivity index (χ0) is 13.7. The molecule has 2 aromatic rings. The van der Waals surface area contributed by atoms with E-state index in [2.05, 4.69) is 17.2 Å². The van der Waals surface area contributed by atoms with Gasteiger partial charge in [0.05, 0.1) is 17.0 Å². The van der Waals surface area contributed by atoms with Crippen molar-refractivity contribution in [1.82, 2.24) is 10.3 Å². The fourth-order valence-electron chi connectivity index (χ4n) is 2.03. The molecule has 0 aliphatic heterocycles. The van der Waals surface area contributed by atoms with E-state index >= 15 is 0 Å². The first-order valence-corrected chi connectivity index (χ1v) is 7.45. The molecule has 2 aromatic heterocycles. The quantitative estimate of drug-likeness (QED) is 0.882. The number of pyridine rings is 1. The van der Waals surface area contributed by atoms with Gasteiger partial charge in [0.15, 0.2) is 0 Å². The van der Waals surface area contributed by atoms with Gasteiger partial charge in [-0.2, -0.15) is 0 Å². The number of likely N-dealkylation sites (N-methyl/N-ethyl adjacent to an activating group) is 1. The molecule has 0 amide bonds. The molecule has 1 unspecified atom stereocenters. The number of rotatable bonds is 6. The summed E-state index contributed by atoms with van der Waals surface area (Å²) in [5.74, 6) is 0.932. The fraction of sp³-hybridized carbons (Fsp3) is 0.357. The lowest BCUT2D eigenvalue weighted by Crippen LogP contribution is -2.22. The highest BCUT2D eigenvalue weighted by molar-refractivity contribution is 7.10. The van der Waals surface area contributed by atoms with E-state index in [1.165, 1.54) is 4.88 Å². The monoisotopic (exact) mass is 296 g/mol. The Morgan fingerprint density at radius 2 is 2.32 bits per heavy atom. The summed E-state index contributed by atoms with van der Waals surface area (Å²) in [6, 6.07) is 4.17. The average molecular weight is 297 g/mol. The summed E-state index contributed by atoms with van der Waals surface area (Å²) < 4.78 is 5.41. The van der Waals surface area contributed by atoms with Crippen LogP contribution in [0.2, 0.25) is 5.02 Å². The van der Waals surface area contributed by atoms with E-state index in [9.17, 15) is 0 Å². The molecule has 0 aromatic carbocycles. The van der Waals surface area contributed by atoms with Crippen molar-refractivity contribution >= 4 is 22.9 Å². The Morgan fingerprint density at radius 1 is 1.47 bits per heavy atom. The molecule has 1 atom stereocenters. The summed E-state index contributed by atoms with van der Waals surface area (Å²) in [7, 11) is 1.70. The van der Waals surface area contributed by atoms with Crippen LogP contribution in [0.15, 0.2) is 29.9 Å². The molecule has 0 saturated heterocycles. The minimum atomic E-state index is 0.208. The zero-order valence-corrected chi connectivity index (χ0v) is 12.6. The normalized spacial score (nSPS) is 12.4. The van der Waals surface area contributed by atoms with Crippen LogP contribution < -0.4 is 10.1 Å². The predicted molar refractivity (Wildman–Crippen MR) is 80.2 cm³/mol. The Hall–Kier alpha value is -1.10. The van der Waals surface area contributed by atoms with Crippen LogP contribution in [0.3, 0.4) is 0 Å². The molecule has 102 valence electrons. The molecule has 2 heterocycles. The second-order valence-corrected chi connectivity index (χ2v) is 5.49. The number of aromatic nitrogens is 1. The maximum Gasteiger partial charge on any atom is 0.134 e. The van der Waals surface area contributed by atoms with Crippen molar-refractivity contribution in [3.8, 4) is 5.75 Å². The van der Waals surface area contributed by atoms with Crippen molar-refractivity contribution in [2.45, 2.75) is 19.4 Å². The maximum atomic E-state index is 6.19. The first kappa shape index (κ1) is 14.3. The SMILES string of the molecule is CCNC(Cc1ccncc1Cl)c1sccc1OC. The van der Waals surface area contributed by atoms with Gasteiger partial charge in [-0.05, 0) is 36.0 Å². The van der Waals surface area contributed by atoms with E-state index in [4.69, 9.17) is 16.3 Å². The first-order valence-electron chi connectivity index (χ1n) is 6.19. The number of halogens is 1. The molecule has 5 heteroatoms. The third-order valence-corrected chi connectivity index (χ3v) is 4.28. The van der Waals surface area contributed by atoms with Gasteiger partial charge in [0.1, 0.15) is 5.75 Å². The minimum absolute atomic E-state index is 0.208. The van der Waals surface area contributed by atoms with Crippen LogP contribution >= 0.6 is 22.9 Å². The maximum absolute atomic E-state index is 6.19. The molecule has 0 aliphatic carbocycles. The average Bonchev–Trinajstić information content (AvgIpc) is 2.89. The lowest BCUT2D eigenvalue weighted by Gasteiger charge is -2.18. The van der Waals surface area contributed by atoms with Crippen molar-refractivity contribution in [2.24, 2.45) is 0 Å². The van der Waals surface area contributed by atoms with Crippen LogP contribution in [0.1, 0.15) is 23.4 Å². The standard InChI is InChI=1S/C14H17ClN2OS/c1-3-17-12(14-13(18-2)5-7-19-14)8-10-4-6-16-9-11(10)15/h4-7,9,12,17H,3,8H2,1-2H3. The number of nitrogens with zero attached hydrogens (tertiary/aromatic N) is 1. The number of thiophene rings is 1. The third kappa shape index (κ3) is 3.47. The molecular formula is C14H17ClN2OS. The highest BCUT2D eigenvalue weighted by Crippen LogP contribution is 2.33. The van der Waals surface area contributed by atoms with E-state index < -0.39 is 0 Å². The second kappa shape index (κ2) is 6.89. The number of nitrogens with one attached hydrogen (secondary N) is 1. The molecule has 0 saturated carbocycles. The number of ether oxygens (including phenoxy) is 1. The van der Waals surface area contributed by atoms with Crippen LogP contribution in [-0.2, 0) is 6.42 Å². The predicted octanol–water partition coefficient (Wildman–Crippen LogP) is 3.70. The Bertz CT molecular complexity index is 530. The molecule has 3 nitrogen and oxygen atoms in total. The molecule has 1 N–H and O–H groups in total. The van der Waals surface area contributed by atoms with E-state index in [0.717, 1.165) is 24.3 Å². The molecule has 0 fully saturated rings. The van der Waals surface area contributed by atoms with E-state index in [1.54, 1.807) is 30.8 Å². The minimum Gasteiger partial charge on any atom is -0.496 e. The molecule has 0 bridgehead atoms. The van der Waals surface area contributed by atoms with Crippen molar-refractivity contribution in [3.63, 3.8) is 0 Å². The zero-order valence-electron chi connectivity index (χ0n) is 11.0. The molecule has 0 aliphatic rings. The van der Waals surface area contributed by atoms with Gasteiger partial charge in [-0.25, -0.2) is 0 Å². The van der Waals surface area contributed by atoms with E-state index in [1.807, 2.05) is 17.5 Å². The Balaban J connectivity index is 2.24. The smallest absolute Gasteiger partial charge is 0.134 e. The van der Waals surface area contributed by atoms with Crippen molar-refractivity contribution in [3.05, 3.63) is 45.4 Å². The highest BCUT2D eigenvalue weighted by Gasteiger charge is 2.18. The van der Waals surface area contributed by atoms with E-state index in [-0.39, 0.29) is 6.04 Å². The molecular weight excluding hydrogens is 280 g/mol. The van der Waals surface area contributed by atoms with Crippen LogP contribution in [0.25, 0.3) is 0 Å². The summed E-state index contributed by atoms with van der Waals surface area (Å²) in [6.07, 6.45) is 4.29. The van der Waals surface area contributed by atoms with Gasteiger partial charge in [-0.1, -0.05) is 18.5 Å². The highest BCUT2D eigenvalue weighted by atomic mass is 35.5. The molecule has 19 heavy (non-hydrogen) atoms. The summed E-state index contributed by atoms with van der Waals surface area (Å²) in [6.45, 7) is 3.00. The Morgan fingerprint density at radius 3 is 3.00 bits per heavy atom. The molecule has 0 spiro atoms. The largest absolute Gasteiger partial charge is 0.496 e. The third-order valence-electron chi connectivity index (χ3n) is 2.92. The Kier molecular flexibility index (Phi) is 5.19. The summed E-state index contributed by atoms with van der Waals surface area (Å²) in [4.78, 5) is 5.23. The van der Waals surface area contributed by atoms with Gasteiger partial charge >= 0.3 is 0 Å². The topological polar surface area (TPSA) is 34.2 Å². The summed E-state index contributed by atoms with van der Waals surface area (Å²) in [5, 5.41) is 6.24. The van der Waals surface area contributed by atoms with Gasteiger partial charge in [0, 0.05) is 18.4 Å². The van der Waals surface area contributed by atoms with E-state index in [0.29, 0.717) is 5.02 Å². The second-order valence-electron chi connectivity index (χ2n) is 4.13. The van der Waals surface area contributed by atoms with Gasteiger partial charge in [-0.3, -0.25) is 4.98 Å². The van der Waals surface area contributed by atoms with Gasteiger partial charge in [-0.15, -0.1) is 11.3 Å². The number of hydrogen-bond donors (Lipinski definition) is 1. The van der Waals surface area contributed by atoms with Crippen molar-refractivity contribution in [1.29, 1.82) is 0 Å². The molecule has 2 rings (SSSR count). The lowest BCUT2D eigenvalue weighted by atomic mass is 10.1. The Labute approximate surface area is 122 Å². The van der Waals surface area contributed by atoms with Crippen LogP contribution in [0.5, 0.6) is 5.75 Å². The fourth-order valence-corrected chi connectivity index (χ4v) is 3.16. The van der Waals surface area contributed by atoms with Gasteiger partial charge < -0.3 is 10.1 Å². The van der Waals surface area contributed by atoms with Crippen LogP contribution in [0.4, 0.5) is 0 Å². The number of methoxy groups -OCH3 is 1. The van der Waals surface area contributed by atoms with Gasteiger partial charge in [0.25, 0.3) is 0 Å². The molecule has 0 radical (unpaired) electrons.